The van der Waals surface area contributed by atoms with E-state index in [1.807, 2.05) is 0 Å². The van der Waals surface area contributed by atoms with Gasteiger partial charge in [-0.2, -0.15) is 0 Å². The van der Waals surface area contributed by atoms with Gasteiger partial charge in [0.1, 0.15) is 11.4 Å². The number of fused-ring (bicyclic) bond motifs is 3. The van der Waals surface area contributed by atoms with E-state index >= 15 is 0 Å². The number of carbonyl (C=O) groups excluding carboxylic acids is 1. The van der Waals surface area contributed by atoms with Crippen LogP contribution in [0.5, 0.6) is 0 Å². The van der Waals surface area contributed by atoms with Crippen LogP contribution in [-0.2, 0) is 14.9 Å². The van der Waals surface area contributed by atoms with Crippen LogP contribution in [0.4, 0.5) is 0 Å². The second-order valence-corrected chi connectivity index (χ2v) is 11.5. The standard InChI is InChI=1S/C27H32O2S/c1-17-8-13-23(24(14-17)29-26(28)25-20-10-12-22(16-20)30-25)27(2,3)21-11-9-18-6-4-5-7-19(18)15-21/h4-7,9-12,15,17,20,22-25H,8,13-14,16H2,1-3H3/t17-,20-,22+,23-,24-,25+/m1/s1. The van der Waals surface area contributed by atoms with Gasteiger partial charge in [0, 0.05) is 17.1 Å². The first-order valence-electron chi connectivity index (χ1n) is 11.5. The van der Waals surface area contributed by atoms with Crippen molar-refractivity contribution in [3.8, 4) is 0 Å². The zero-order valence-electron chi connectivity index (χ0n) is 18.2. The van der Waals surface area contributed by atoms with E-state index in [0.29, 0.717) is 23.0 Å². The maximum atomic E-state index is 13.1. The van der Waals surface area contributed by atoms with E-state index in [-0.39, 0.29) is 22.7 Å². The molecule has 3 aliphatic rings. The minimum absolute atomic E-state index is 0.00154. The lowest BCUT2D eigenvalue weighted by atomic mass is 9.64. The van der Waals surface area contributed by atoms with Crippen molar-refractivity contribution in [3.63, 3.8) is 0 Å². The maximum Gasteiger partial charge on any atom is 0.319 e. The summed E-state index contributed by atoms with van der Waals surface area (Å²) in [7, 11) is 0. The summed E-state index contributed by atoms with van der Waals surface area (Å²) in [6.45, 7) is 6.98. The first-order chi connectivity index (χ1) is 14.4. The smallest absolute Gasteiger partial charge is 0.319 e. The summed E-state index contributed by atoms with van der Waals surface area (Å²) >= 11 is 1.80. The van der Waals surface area contributed by atoms with E-state index < -0.39 is 0 Å². The lowest BCUT2D eigenvalue weighted by Crippen LogP contribution is -2.44. The highest BCUT2D eigenvalue weighted by atomic mass is 32.2. The molecular formula is C27H32O2S. The summed E-state index contributed by atoms with van der Waals surface area (Å²) in [5, 5.41) is 3.08. The van der Waals surface area contributed by atoms with Crippen LogP contribution in [0.2, 0.25) is 0 Å². The topological polar surface area (TPSA) is 26.3 Å². The molecule has 2 aromatic rings. The first-order valence-corrected chi connectivity index (χ1v) is 12.4. The molecular weight excluding hydrogens is 388 g/mol. The van der Waals surface area contributed by atoms with Crippen molar-refractivity contribution >= 4 is 28.5 Å². The Balaban J connectivity index is 1.39. The van der Waals surface area contributed by atoms with Crippen molar-refractivity contribution in [2.75, 3.05) is 0 Å². The van der Waals surface area contributed by atoms with Crippen molar-refractivity contribution in [1.29, 1.82) is 0 Å². The quantitative estimate of drug-likeness (QED) is 0.416. The minimum Gasteiger partial charge on any atom is -0.461 e. The Morgan fingerprint density at radius 2 is 1.83 bits per heavy atom. The van der Waals surface area contributed by atoms with Gasteiger partial charge in [-0.3, -0.25) is 4.79 Å². The largest absolute Gasteiger partial charge is 0.461 e. The number of rotatable bonds is 4. The molecule has 0 aromatic heterocycles. The van der Waals surface area contributed by atoms with E-state index in [1.54, 1.807) is 11.8 Å². The minimum atomic E-state index is -0.0448. The summed E-state index contributed by atoms with van der Waals surface area (Å²) in [6.07, 6.45) is 8.91. The average molecular weight is 421 g/mol. The van der Waals surface area contributed by atoms with Gasteiger partial charge in [0.25, 0.3) is 0 Å². The molecule has 0 amide bonds. The third kappa shape index (κ3) is 3.60. The number of hydrogen-bond acceptors (Lipinski definition) is 3. The molecule has 2 aliphatic carbocycles. The SMILES string of the molecule is C[C@@H]1CC[C@@H](C(C)(C)c2ccc3ccccc3c2)[C@H](OC(=O)[C@H]2S[C@H]3C=C[C@@H]2C3)C1. The Labute approximate surface area is 184 Å². The van der Waals surface area contributed by atoms with Gasteiger partial charge < -0.3 is 4.74 Å². The number of esters is 1. The second-order valence-electron chi connectivity index (χ2n) is 10.2. The molecule has 0 spiro atoms. The molecule has 2 aromatic carbocycles. The van der Waals surface area contributed by atoms with Crippen LogP contribution in [0.1, 0.15) is 52.0 Å². The predicted molar refractivity (Wildman–Crippen MR) is 126 cm³/mol. The molecule has 3 heteroatoms. The second kappa shape index (κ2) is 7.75. The highest BCUT2D eigenvalue weighted by Crippen LogP contribution is 2.47. The van der Waals surface area contributed by atoms with E-state index in [2.05, 4.69) is 75.4 Å². The van der Waals surface area contributed by atoms with Gasteiger partial charge in [-0.05, 0) is 46.9 Å². The van der Waals surface area contributed by atoms with Crippen molar-refractivity contribution < 1.29 is 9.53 Å². The molecule has 0 N–H and O–H groups in total. The van der Waals surface area contributed by atoms with E-state index in [0.717, 1.165) is 19.3 Å². The number of thioether (sulfide) groups is 1. The third-order valence-electron chi connectivity index (χ3n) is 7.76. The lowest BCUT2D eigenvalue weighted by molar-refractivity contribution is -0.156. The molecule has 1 saturated carbocycles. The van der Waals surface area contributed by atoms with Crippen LogP contribution in [0.15, 0.2) is 54.6 Å². The van der Waals surface area contributed by atoms with E-state index in [4.69, 9.17) is 4.74 Å². The van der Waals surface area contributed by atoms with E-state index in [1.165, 1.54) is 22.8 Å². The van der Waals surface area contributed by atoms with Gasteiger partial charge in [-0.1, -0.05) is 81.8 Å². The fraction of sp³-hybridized carbons (Fsp3) is 0.519. The molecule has 1 aliphatic heterocycles. The third-order valence-corrected chi connectivity index (χ3v) is 9.30. The first kappa shape index (κ1) is 20.2. The molecule has 6 atom stereocenters. The highest BCUT2D eigenvalue weighted by molar-refractivity contribution is 8.01. The Morgan fingerprint density at radius 3 is 2.57 bits per heavy atom. The fourth-order valence-corrected chi connectivity index (χ4v) is 7.30. The predicted octanol–water partition coefficient (Wildman–Crippen LogP) is 6.53. The van der Waals surface area contributed by atoms with Gasteiger partial charge in [-0.15, -0.1) is 11.8 Å². The van der Waals surface area contributed by atoms with Crippen molar-refractivity contribution in [3.05, 3.63) is 60.2 Å². The van der Waals surface area contributed by atoms with Crippen LogP contribution < -0.4 is 0 Å². The Hall–Kier alpha value is -1.74. The summed E-state index contributed by atoms with van der Waals surface area (Å²) in [5.41, 5.74) is 1.30. The fourth-order valence-electron chi connectivity index (χ4n) is 5.84. The van der Waals surface area contributed by atoms with Gasteiger partial charge in [0.15, 0.2) is 0 Å². The van der Waals surface area contributed by atoms with E-state index in [9.17, 15) is 4.79 Å². The number of ether oxygens (including phenoxy) is 1. The van der Waals surface area contributed by atoms with Crippen molar-refractivity contribution in [2.45, 2.75) is 68.5 Å². The maximum absolute atomic E-state index is 13.1. The van der Waals surface area contributed by atoms with Crippen LogP contribution in [0.3, 0.4) is 0 Å². The average Bonchev–Trinajstić information content (AvgIpc) is 3.37. The molecule has 158 valence electrons. The van der Waals surface area contributed by atoms with Crippen molar-refractivity contribution in [1.82, 2.24) is 0 Å². The van der Waals surface area contributed by atoms with Gasteiger partial charge in [-0.25, -0.2) is 0 Å². The monoisotopic (exact) mass is 420 g/mol. The Morgan fingerprint density at radius 1 is 1.03 bits per heavy atom. The molecule has 2 fully saturated rings. The van der Waals surface area contributed by atoms with Crippen LogP contribution in [0, 0.1) is 17.8 Å². The Kier molecular flexibility index (Phi) is 5.21. The van der Waals surface area contributed by atoms with Gasteiger partial charge >= 0.3 is 5.97 Å². The zero-order valence-corrected chi connectivity index (χ0v) is 19.0. The normalized spacial score (nSPS) is 33.2. The number of carbonyl (C=O) groups is 1. The Bertz CT molecular complexity index is 978. The number of allylic oxidation sites excluding steroid dienone is 1. The summed E-state index contributed by atoms with van der Waals surface area (Å²) in [5.74, 6) is 1.35. The van der Waals surface area contributed by atoms with Crippen LogP contribution in [0.25, 0.3) is 10.8 Å². The number of hydrogen-bond donors (Lipinski definition) is 0. The molecule has 1 heterocycles. The molecule has 30 heavy (non-hydrogen) atoms. The summed E-state index contributed by atoms with van der Waals surface area (Å²) in [6, 6.07) is 15.4. The summed E-state index contributed by atoms with van der Waals surface area (Å²) in [4.78, 5) is 13.1. The van der Waals surface area contributed by atoms with Crippen LogP contribution in [-0.4, -0.2) is 22.6 Å². The molecule has 0 radical (unpaired) electrons. The number of benzene rings is 2. The molecule has 2 nitrogen and oxygen atoms in total. The molecule has 2 bridgehead atoms. The molecule has 5 rings (SSSR count). The van der Waals surface area contributed by atoms with Gasteiger partial charge in [0.05, 0.1) is 0 Å². The molecule has 0 unspecified atom stereocenters. The zero-order chi connectivity index (χ0) is 20.9. The van der Waals surface area contributed by atoms with Crippen molar-refractivity contribution in [2.24, 2.45) is 17.8 Å². The summed E-state index contributed by atoms with van der Waals surface area (Å²) < 4.78 is 6.31. The van der Waals surface area contributed by atoms with Gasteiger partial charge in [0.2, 0.25) is 0 Å². The lowest BCUT2D eigenvalue weighted by Gasteiger charge is -2.44. The van der Waals surface area contributed by atoms with Crippen LogP contribution >= 0.6 is 11.8 Å². The highest BCUT2D eigenvalue weighted by Gasteiger charge is 2.46. The molecule has 1 saturated heterocycles.